The van der Waals surface area contributed by atoms with Crippen molar-refractivity contribution in [2.45, 2.75) is 13.8 Å². The first-order chi connectivity index (χ1) is 9.88. The minimum absolute atomic E-state index is 0.230. The highest BCUT2D eigenvalue weighted by molar-refractivity contribution is 5.98. The van der Waals surface area contributed by atoms with Crippen molar-refractivity contribution in [1.82, 2.24) is 4.98 Å². The number of hydrogen-bond donors (Lipinski definition) is 3. The molecule has 2 rings (SSSR count). The lowest BCUT2D eigenvalue weighted by Crippen LogP contribution is -2.14. The van der Waals surface area contributed by atoms with E-state index in [0.29, 0.717) is 17.1 Å². The molecular formula is C15H15N3O3. The highest BCUT2D eigenvalue weighted by Gasteiger charge is 2.12. The van der Waals surface area contributed by atoms with Gasteiger partial charge in [-0.1, -0.05) is 0 Å². The molecule has 0 spiro atoms. The van der Waals surface area contributed by atoms with Crippen LogP contribution in [0.2, 0.25) is 0 Å². The first-order valence-corrected chi connectivity index (χ1v) is 6.27. The number of aromatic nitrogens is 1. The molecule has 2 aromatic rings. The van der Waals surface area contributed by atoms with Gasteiger partial charge in [-0.15, -0.1) is 0 Å². The molecule has 0 unspecified atom stereocenters. The molecule has 1 amide bonds. The van der Waals surface area contributed by atoms with E-state index in [-0.39, 0.29) is 11.1 Å². The Balaban J connectivity index is 2.38. The second kappa shape index (κ2) is 5.62. The molecule has 0 atom stereocenters. The van der Waals surface area contributed by atoms with Gasteiger partial charge < -0.3 is 16.2 Å². The average Bonchev–Trinajstić information content (AvgIpc) is 2.37. The number of benzene rings is 1. The van der Waals surface area contributed by atoms with Crippen LogP contribution in [0.1, 0.15) is 32.0 Å². The summed E-state index contributed by atoms with van der Waals surface area (Å²) in [5, 5.41) is 12.0. The van der Waals surface area contributed by atoms with Crippen LogP contribution in [0, 0.1) is 13.8 Å². The highest BCUT2D eigenvalue weighted by Crippen LogP contribution is 2.21. The average molecular weight is 285 g/mol. The number of nitrogens with zero attached hydrogens (tertiary/aromatic N) is 1. The van der Waals surface area contributed by atoms with Crippen LogP contribution in [0.5, 0.6) is 0 Å². The van der Waals surface area contributed by atoms with Crippen molar-refractivity contribution in [1.29, 1.82) is 0 Å². The first kappa shape index (κ1) is 14.5. The van der Waals surface area contributed by atoms with Crippen LogP contribution in [0.25, 0.3) is 0 Å². The van der Waals surface area contributed by atoms with E-state index in [1.807, 2.05) is 0 Å². The summed E-state index contributed by atoms with van der Waals surface area (Å²) in [7, 11) is 0. The molecule has 1 aromatic carbocycles. The number of carbonyl (C=O) groups is 2. The molecule has 6 heteroatoms. The number of carboxylic acids is 1. The summed E-state index contributed by atoms with van der Waals surface area (Å²) in [6.07, 6.45) is 0. The number of carboxylic acid groups (broad SMARTS) is 1. The Kier molecular flexibility index (Phi) is 3.89. The van der Waals surface area contributed by atoms with E-state index in [9.17, 15) is 9.59 Å². The zero-order chi connectivity index (χ0) is 15.6. The van der Waals surface area contributed by atoms with Crippen molar-refractivity contribution in [3.8, 4) is 0 Å². The van der Waals surface area contributed by atoms with Crippen LogP contribution >= 0.6 is 0 Å². The number of pyridine rings is 1. The molecule has 1 aromatic heterocycles. The Bertz CT molecular complexity index is 726. The molecule has 6 nitrogen and oxygen atoms in total. The van der Waals surface area contributed by atoms with E-state index in [1.165, 1.54) is 6.07 Å². The lowest BCUT2D eigenvalue weighted by molar-refractivity contribution is 0.0696. The van der Waals surface area contributed by atoms with Crippen LogP contribution in [-0.4, -0.2) is 22.0 Å². The summed E-state index contributed by atoms with van der Waals surface area (Å²) in [6.45, 7) is 3.50. The molecule has 108 valence electrons. The zero-order valence-corrected chi connectivity index (χ0v) is 11.7. The monoisotopic (exact) mass is 285 g/mol. The number of amides is 1. The van der Waals surface area contributed by atoms with Crippen LogP contribution in [0.15, 0.2) is 30.3 Å². The Labute approximate surface area is 121 Å². The van der Waals surface area contributed by atoms with Crippen molar-refractivity contribution in [3.05, 3.63) is 52.7 Å². The minimum atomic E-state index is -0.981. The Morgan fingerprint density at radius 1 is 1.14 bits per heavy atom. The topological polar surface area (TPSA) is 105 Å². The molecule has 0 saturated heterocycles. The van der Waals surface area contributed by atoms with Gasteiger partial charge in [0.15, 0.2) is 0 Å². The zero-order valence-electron chi connectivity index (χ0n) is 11.7. The number of rotatable bonds is 4. The first-order valence-electron chi connectivity index (χ1n) is 6.27. The number of nitrogens with one attached hydrogen (secondary N) is 1. The summed E-state index contributed by atoms with van der Waals surface area (Å²) >= 11 is 0. The number of nitrogens with two attached hydrogens (primary N) is 1. The normalized spacial score (nSPS) is 10.2. The van der Waals surface area contributed by atoms with E-state index in [2.05, 4.69) is 10.3 Å². The number of aromatic carboxylic acids is 1. The molecule has 4 N–H and O–H groups in total. The van der Waals surface area contributed by atoms with Crippen LogP contribution < -0.4 is 11.1 Å². The standard InChI is InChI=1S/C15H15N3O3/c1-8-7-10(4-6-11(8)15(20)21)18-14-12(13(16)19)5-3-9(2)17-14/h3-7H,1-2H3,(H2,16,19)(H,17,18)(H,20,21). The van der Waals surface area contributed by atoms with E-state index >= 15 is 0 Å². The molecule has 0 aliphatic heterocycles. The number of carbonyl (C=O) groups excluding carboxylic acids is 1. The minimum Gasteiger partial charge on any atom is -0.478 e. The number of aryl methyl sites for hydroxylation is 2. The van der Waals surface area contributed by atoms with Gasteiger partial charge in [0.25, 0.3) is 5.91 Å². The molecule has 0 radical (unpaired) electrons. The van der Waals surface area contributed by atoms with E-state index in [4.69, 9.17) is 10.8 Å². The van der Waals surface area contributed by atoms with Gasteiger partial charge in [-0.3, -0.25) is 4.79 Å². The molecule has 0 bridgehead atoms. The lowest BCUT2D eigenvalue weighted by atomic mass is 10.1. The summed E-state index contributed by atoms with van der Waals surface area (Å²) in [5.41, 5.74) is 7.81. The SMILES string of the molecule is Cc1ccc(C(N)=O)c(Nc2ccc(C(=O)O)c(C)c2)n1. The molecule has 0 fully saturated rings. The van der Waals surface area contributed by atoms with Gasteiger partial charge in [0.05, 0.1) is 11.1 Å². The van der Waals surface area contributed by atoms with Gasteiger partial charge in [-0.25, -0.2) is 9.78 Å². The summed E-state index contributed by atoms with van der Waals surface area (Å²) in [5.74, 6) is -1.21. The second-order valence-electron chi connectivity index (χ2n) is 4.67. The third-order valence-corrected chi connectivity index (χ3v) is 3.02. The van der Waals surface area contributed by atoms with Crippen LogP contribution in [0.4, 0.5) is 11.5 Å². The molecule has 0 aliphatic carbocycles. The molecule has 0 saturated carbocycles. The molecule has 21 heavy (non-hydrogen) atoms. The van der Waals surface area contributed by atoms with E-state index < -0.39 is 11.9 Å². The molecular weight excluding hydrogens is 270 g/mol. The number of primary amides is 1. The summed E-state index contributed by atoms with van der Waals surface area (Å²) in [4.78, 5) is 26.6. The lowest BCUT2D eigenvalue weighted by Gasteiger charge is -2.11. The molecule has 1 heterocycles. The quantitative estimate of drug-likeness (QED) is 0.799. The van der Waals surface area contributed by atoms with Crippen molar-refractivity contribution >= 4 is 23.4 Å². The smallest absolute Gasteiger partial charge is 0.335 e. The van der Waals surface area contributed by atoms with Crippen molar-refractivity contribution in [2.75, 3.05) is 5.32 Å². The van der Waals surface area contributed by atoms with Gasteiger partial charge >= 0.3 is 5.97 Å². The van der Waals surface area contributed by atoms with Gasteiger partial charge in [0, 0.05) is 11.4 Å². The fourth-order valence-corrected chi connectivity index (χ4v) is 1.97. The number of anilines is 2. The Morgan fingerprint density at radius 3 is 2.38 bits per heavy atom. The maximum absolute atomic E-state index is 11.4. The van der Waals surface area contributed by atoms with E-state index in [1.54, 1.807) is 38.1 Å². The largest absolute Gasteiger partial charge is 0.478 e. The fraction of sp³-hybridized carbons (Fsp3) is 0.133. The fourth-order valence-electron chi connectivity index (χ4n) is 1.97. The van der Waals surface area contributed by atoms with Gasteiger partial charge in [-0.2, -0.15) is 0 Å². The van der Waals surface area contributed by atoms with E-state index in [0.717, 1.165) is 5.69 Å². The second-order valence-corrected chi connectivity index (χ2v) is 4.67. The maximum Gasteiger partial charge on any atom is 0.335 e. The van der Waals surface area contributed by atoms with Crippen molar-refractivity contribution < 1.29 is 14.7 Å². The summed E-state index contributed by atoms with van der Waals surface area (Å²) in [6, 6.07) is 8.10. The van der Waals surface area contributed by atoms with Crippen LogP contribution in [-0.2, 0) is 0 Å². The maximum atomic E-state index is 11.4. The highest BCUT2D eigenvalue weighted by atomic mass is 16.4. The predicted octanol–water partition coefficient (Wildman–Crippen LogP) is 2.24. The van der Waals surface area contributed by atoms with Crippen molar-refractivity contribution in [2.24, 2.45) is 5.73 Å². The molecule has 0 aliphatic rings. The third-order valence-electron chi connectivity index (χ3n) is 3.02. The van der Waals surface area contributed by atoms with Crippen molar-refractivity contribution in [3.63, 3.8) is 0 Å². The number of hydrogen-bond acceptors (Lipinski definition) is 4. The summed E-state index contributed by atoms with van der Waals surface area (Å²) < 4.78 is 0. The van der Waals surface area contributed by atoms with Gasteiger partial charge in [-0.05, 0) is 49.7 Å². The Hall–Kier alpha value is -2.89. The third kappa shape index (κ3) is 3.17. The predicted molar refractivity (Wildman–Crippen MR) is 78.9 cm³/mol. The van der Waals surface area contributed by atoms with Gasteiger partial charge in [0.2, 0.25) is 0 Å². The Morgan fingerprint density at radius 2 is 1.81 bits per heavy atom. The van der Waals surface area contributed by atoms with Gasteiger partial charge in [0.1, 0.15) is 5.82 Å². The van der Waals surface area contributed by atoms with Crippen LogP contribution in [0.3, 0.4) is 0 Å².